The Kier molecular flexibility index (Phi) is 5.29. The van der Waals surface area contributed by atoms with Crippen LogP contribution < -0.4 is 5.73 Å². The van der Waals surface area contributed by atoms with Crippen molar-refractivity contribution in [1.29, 1.82) is 0 Å². The Morgan fingerprint density at radius 1 is 1.38 bits per heavy atom. The van der Waals surface area contributed by atoms with Gasteiger partial charge in [0.05, 0.1) is 11.1 Å². The van der Waals surface area contributed by atoms with Crippen LogP contribution in [-0.4, -0.2) is 11.7 Å². The minimum absolute atomic E-state index is 0.0799. The fraction of sp³-hybridized carbons (Fsp3) is 0.647. The van der Waals surface area contributed by atoms with Gasteiger partial charge in [-0.3, -0.25) is 0 Å². The van der Waals surface area contributed by atoms with Crippen molar-refractivity contribution in [3.05, 3.63) is 34.6 Å². The average molecular weight is 314 g/mol. The summed E-state index contributed by atoms with van der Waals surface area (Å²) in [4.78, 5) is 0. The molecule has 1 aliphatic carbocycles. The summed E-state index contributed by atoms with van der Waals surface area (Å²) in [5.41, 5.74) is 6.22. The molecule has 1 atom stereocenters. The highest BCUT2D eigenvalue weighted by Gasteiger charge is 2.41. The number of halogens is 2. The van der Waals surface area contributed by atoms with Gasteiger partial charge in [-0.2, -0.15) is 0 Å². The van der Waals surface area contributed by atoms with Crippen molar-refractivity contribution >= 4 is 11.6 Å². The van der Waals surface area contributed by atoms with Crippen molar-refractivity contribution in [3.8, 4) is 0 Å². The normalized spacial score (nSPS) is 27.9. The minimum Gasteiger partial charge on any atom is -0.388 e. The van der Waals surface area contributed by atoms with Crippen LogP contribution in [-0.2, 0) is 0 Å². The van der Waals surface area contributed by atoms with Gasteiger partial charge in [-0.15, -0.1) is 0 Å². The Hall–Kier alpha value is -0.640. The first-order valence-electron chi connectivity index (χ1n) is 7.72. The van der Waals surface area contributed by atoms with E-state index in [9.17, 15) is 9.50 Å². The molecule has 1 aromatic rings. The van der Waals surface area contributed by atoms with E-state index < -0.39 is 11.9 Å². The number of hydrogen-bond acceptors (Lipinski definition) is 2. The summed E-state index contributed by atoms with van der Waals surface area (Å²) >= 11 is 5.71. The number of hydrogen-bond donors (Lipinski definition) is 2. The smallest absolute Gasteiger partial charge is 0.142 e. The Morgan fingerprint density at radius 2 is 2.00 bits per heavy atom. The predicted octanol–water partition coefficient (Wildman–Crippen LogP) is 4.30. The molecule has 2 nitrogen and oxygen atoms in total. The quantitative estimate of drug-likeness (QED) is 0.870. The molecule has 0 aliphatic heterocycles. The van der Waals surface area contributed by atoms with Crippen LogP contribution in [0.25, 0.3) is 0 Å². The van der Waals surface area contributed by atoms with E-state index in [-0.39, 0.29) is 10.4 Å². The molecule has 0 amide bonds. The maximum Gasteiger partial charge on any atom is 0.142 e. The second-order valence-corrected chi connectivity index (χ2v) is 7.13. The maximum absolute atomic E-state index is 13.6. The topological polar surface area (TPSA) is 46.2 Å². The Morgan fingerprint density at radius 3 is 2.48 bits per heavy atom. The van der Waals surface area contributed by atoms with E-state index >= 15 is 0 Å². The molecule has 0 radical (unpaired) electrons. The fourth-order valence-electron chi connectivity index (χ4n) is 3.51. The zero-order valence-corrected chi connectivity index (χ0v) is 13.5. The second-order valence-electron chi connectivity index (χ2n) is 6.72. The van der Waals surface area contributed by atoms with Crippen molar-refractivity contribution in [2.24, 2.45) is 23.0 Å². The van der Waals surface area contributed by atoms with Gasteiger partial charge in [0, 0.05) is 12.0 Å². The molecule has 0 saturated heterocycles. The number of rotatable bonds is 4. The van der Waals surface area contributed by atoms with Crippen molar-refractivity contribution in [2.75, 3.05) is 6.54 Å². The molecule has 1 saturated carbocycles. The molecule has 0 heterocycles. The average Bonchev–Trinajstić information content (AvgIpc) is 2.49. The molecule has 1 aliphatic rings. The van der Waals surface area contributed by atoms with Crippen molar-refractivity contribution in [1.82, 2.24) is 0 Å². The predicted molar refractivity (Wildman–Crippen MR) is 84.7 cm³/mol. The molecule has 3 N–H and O–H groups in total. The van der Waals surface area contributed by atoms with Crippen LogP contribution in [0.3, 0.4) is 0 Å². The highest BCUT2D eigenvalue weighted by Crippen LogP contribution is 2.48. The lowest BCUT2D eigenvalue weighted by atomic mass is 9.64. The third-order valence-corrected chi connectivity index (χ3v) is 5.52. The molecule has 0 bridgehead atoms. The van der Waals surface area contributed by atoms with Crippen LogP contribution in [0.4, 0.5) is 4.39 Å². The molecular formula is C17H25ClFNO. The SMILES string of the molecule is CC(C)C1CCC(CN)(C(O)c2ccc(Cl)c(F)c2)CC1. The van der Waals surface area contributed by atoms with Gasteiger partial charge in [0.15, 0.2) is 0 Å². The largest absolute Gasteiger partial charge is 0.388 e. The second kappa shape index (κ2) is 6.64. The third-order valence-electron chi connectivity index (χ3n) is 5.21. The van der Waals surface area contributed by atoms with Crippen molar-refractivity contribution in [3.63, 3.8) is 0 Å². The van der Waals surface area contributed by atoms with Gasteiger partial charge >= 0.3 is 0 Å². The Labute approximate surface area is 131 Å². The van der Waals surface area contributed by atoms with Gasteiger partial charge in [-0.1, -0.05) is 31.5 Å². The Bertz CT molecular complexity index is 484. The molecule has 0 aromatic heterocycles. The third kappa shape index (κ3) is 3.41. The lowest BCUT2D eigenvalue weighted by Gasteiger charge is -2.44. The van der Waals surface area contributed by atoms with Gasteiger partial charge in [0.25, 0.3) is 0 Å². The lowest BCUT2D eigenvalue weighted by Crippen LogP contribution is -2.40. The molecule has 1 fully saturated rings. The van der Waals surface area contributed by atoms with E-state index in [0.29, 0.717) is 23.9 Å². The van der Waals surface area contributed by atoms with E-state index in [4.69, 9.17) is 17.3 Å². The van der Waals surface area contributed by atoms with Crippen LogP contribution in [0.2, 0.25) is 5.02 Å². The molecular weight excluding hydrogens is 289 g/mol. The van der Waals surface area contributed by atoms with Crippen LogP contribution in [0.15, 0.2) is 18.2 Å². The number of nitrogens with two attached hydrogens (primary N) is 1. The van der Waals surface area contributed by atoms with Gasteiger partial charge in [-0.05, 0) is 55.2 Å². The minimum atomic E-state index is -0.734. The monoisotopic (exact) mass is 313 g/mol. The van der Waals surface area contributed by atoms with Crippen molar-refractivity contribution < 1.29 is 9.50 Å². The fourth-order valence-corrected chi connectivity index (χ4v) is 3.62. The summed E-state index contributed by atoms with van der Waals surface area (Å²) in [7, 11) is 0. The summed E-state index contributed by atoms with van der Waals surface area (Å²) in [6.45, 7) is 4.90. The molecule has 1 unspecified atom stereocenters. The van der Waals surface area contributed by atoms with Gasteiger partial charge in [0.1, 0.15) is 5.82 Å². The molecule has 0 spiro atoms. The zero-order chi connectivity index (χ0) is 15.6. The molecule has 1 aromatic carbocycles. The van der Waals surface area contributed by atoms with Crippen LogP contribution in [0.1, 0.15) is 51.2 Å². The zero-order valence-electron chi connectivity index (χ0n) is 12.8. The molecule has 118 valence electrons. The first kappa shape index (κ1) is 16.7. The standard InChI is InChI=1S/C17H25ClFNO/c1-11(2)12-5-7-17(10-20,8-6-12)16(21)13-3-4-14(18)15(19)9-13/h3-4,9,11-12,16,21H,5-8,10,20H2,1-2H3. The van der Waals surface area contributed by atoms with E-state index in [1.807, 2.05) is 0 Å². The van der Waals surface area contributed by atoms with Crippen LogP contribution in [0.5, 0.6) is 0 Å². The van der Waals surface area contributed by atoms with E-state index in [1.54, 1.807) is 6.07 Å². The van der Waals surface area contributed by atoms with E-state index in [0.717, 1.165) is 25.7 Å². The highest BCUT2D eigenvalue weighted by molar-refractivity contribution is 6.30. The number of aliphatic hydroxyl groups is 1. The summed E-state index contributed by atoms with van der Waals surface area (Å²) in [5, 5.41) is 10.8. The van der Waals surface area contributed by atoms with E-state index in [1.165, 1.54) is 12.1 Å². The van der Waals surface area contributed by atoms with E-state index in [2.05, 4.69) is 13.8 Å². The summed E-state index contributed by atoms with van der Waals surface area (Å²) in [5.74, 6) is 0.862. The Balaban J connectivity index is 2.18. The van der Waals surface area contributed by atoms with Gasteiger partial charge in [0.2, 0.25) is 0 Å². The first-order chi connectivity index (χ1) is 9.89. The van der Waals surface area contributed by atoms with Gasteiger partial charge in [-0.25, -0.2) is 4.39 Å². The highest BCUT2D eigenvalue weighted by atomic mass is 35.5. The van der Waals surface area contributed by atoms with Crippen molar-refractivity contribution in [2.45, 2.75) is 45.6 Å². The summed E-state index contributed by atoms with van der Waals surface area (Å²) in [6, 6.07) is 4.53. The lowest BCUT2D eigenvalue weighted by molar-refractivity contribution is -0.0150. The number of benzene rings is 1. The maximum atomic E-state index is 13.6. The molecule has 2 rings (SSSR count). The first-order valence-corrected chi connectivity index (χ1v) is 8.10. The van der Waals surface area contributed by atoms with Crippen LogP contribution in [0, 0.1) is 23.1 Å². The number of aliphatic hydroxyl groups excluding tert-OH is 1. The summed E-state index contributed by atoms with van der Waals surface area (Å²) in [6.07, 6.45) is 3.18. The van der Waals surface area contributed by atoms with Gasteiger partial charge < -0.3 is 10.8 Å². The summed E-state index contributed by atoms with van der Waals surface area (Å²) < 4.78 is 13.6. The van der Waals surface area contributed by atoms with Crippen LogP contribution >= 0.6 is 11.6 Å². The molecule has 21 heavy (non-hydrogen) atoms. The molecule has 4 heteroatoms.